The van der Waals surface area contributed by atoms with Crippen LogP contribution in [0, 0.1) is 12.7 Å². The molecule has 2 aromatic rings. The van der Waals surface area contributed by atoms with E-state index in [0.29, 0.717) is 17.1 Å². The molecule has 0 aliphatic rings. The van der Waals surface area contributed by atoms with Gasteiger partial charge in [0, 0.05) is 11.6 Å². The molecule has 0 saturated heterocycles. The summed E-state index contributed by atoms with van der Waals surface area (Å²) in [7, 11) is 0. The van der Waals surface area contributed by atoms with Crippen molar-refractivity contribution in [1.82, 2.24) is 0 Å². The highest BCUT2D eigenvalue weighted by Gasteiger charge is 2.15. The Bertz CT molecular complexity index is 599. The maximum Gasteiger partial charge on any atom is 0.141 e. The first-order valence-corrected chi connectivity index (χ1v) is 6.76. The fraction of sp³-hybridized carbons (Fsp3) is 0.200. The number of hydrogen-bond donors (Lipinski definition) is 1. The second-order valence-corrected chi connectivity index (χ2v) is 5.33. The number of halogens is 2. The van der Waals surface area contributed by atoms with Gasteiger partial charge in [0.25, 0.3) is 0 Å². The minimum atomic E-state index is -0.430. The van der Waals surface area contributed by atoms with Crippen LogP contribution < -0.4 is 10.5 Å². The molecule has 0 saturated carbocycles. The first kappa shape index (κ1) is 14.0. The molecule has 0 bridgehead atoms. The Morgan fingerprint density at radius 3 is 2.58 bits per heavy atom. The largest absolute Gasteiger partial charge is 0.456 e. The predicted octanol–water partition coefficient (Wildman–Crippen LogP) is 4.71. The monoisotopic (exact) mass is 323 g/mol. The fourth-order valence-electron chi connectivity index (χ4n) is 1.86. The van der Waals surface area contributed by atoms with Gasteiger partial charge in [0.05, 0.1) is 4.47 Å². The van der Waals surface area contributed by atoms with Gasteiger partial charge < -0.3 is 10.5 Å². The number of benzene rings is 2. The minimum Gasteiger partial charge on any atom is -0.456 e. The van der Waals surface area contributed by atoms with E-state index in [1.807, 2.05) is 25.1 Å². The van der Waals surface area contributed by atoms with Gasteiger partial charge in [-0.1, -0.05) is 12.1 Å². The van der Waals surface area contributed by atoms with E-state index in [-0.39, 0.29) is 5.82 Å². The lowest BCUT2D eigenvalue weighted by Crippen LogP contribution is -2.09. The Hall–Kier alpha value is -1.39. The highest BCUT2D eigenvalue weighted by atomic mass is 79.9. The normalized spacial score (nSPS) is 12.3. The zero-order valence-corrected chi connectivity index (χ0v) is 12.4. The van der Waals surface area contributed by atoms with Crippen molar-refractivity contribution in [3.05, 3.63) is 57.8 Å². The summed E-state index contributed by atoms with van der Waals surface area (Å²) in [5.74, 6) is 0.730. The molecular formula is C15H15BrFNO. The SMILES string of the molecule is Cc1ccc(Oc2cccc(F)c2[C@@H](C)N)c(Br)c1. The Labute approximate surface area is 120 Å². The van der Waals surface area contributed by atoms with Gasteiger partial charge in [0.2, 0.25) is 0 Å². The molecule has 0 aromatic heterocycles. The van der Waals surface area contributed by atoms with Gasteiger partial charge in [-0.15, -0.1) is 0 Å². The van der Waals surface area contributed by atoms with Crippen LogP contribution in [0.15, 0.2) is 40.9 Å². The third kappa shape index (κ3) is 3.14. The first-order chi connectivity index (χ1) is 8.99. The van der Waals surface area contributed by atoms with Crippen molar-refractivity contribution < 1.29 is 9.13 Å². The highest BCUT2D eigenvalue weighted by molar-refractivity contribution is 9.10. The summed E-state index contributed by atoms with van der Waals surface area (Å²) in [6.45, 7) is 3.72. The zero-order chi connectivity index (χ0) is 14.0. The fourth-order valence-corrected chi connectivity index (χ4v) is 2.43. The van der Waals surface area contributed by atoms with Gasteiger partial charge >= 0.3 is 0 Å². The van der Waals surface area contributed by atoms with Crippen molar-refractivity contribution in [2.45, 2.75) is 19.9 Å². The number of ether oxygens (including phenoxy) is 1. The van der Waals surface area contributed by atoms with Crippen LogP contribution in [-0.4, -0.2) is 0 Å². The molecule has 0 heterocycles. The van der Waals surface area contributed by atoms with Crippen LogP contribution in [0.3, 0.4) is 0 Å². The molecule has 0 unspecified atom stereocenters. The van der Waals surface area contributed by atoms with E-state index in [2.05, 4.69) is 15.9 Å². The summed E-state index contributed by atoms with van der Waals surface area (Å²) in [6, 6.07) is 10.0. The minimum absolute atomic E-state index is 0.351. The van der Waals surface area contributed by atoms with E-state index in [9.17, 15) is 4.39 Å². The number of nitrogens with two attached hydrogens (primary N) is 1. The van der Waals surface area contributed by atoms with Crippen LogP contribution >= 0.6 is 15.9 Å². The first-order valence-electron chi connectivity index (χ1n) is 5.97. The van der Waals surface area contributed by atoms with E-state index in [4.69, 9.17) is 10.5 Å². The Morgan fingerprint density at radius 2 is 1.95 bits per heavy atom. The molecule has 19 heavy (non-hydrogen) atoms. The van der Waals surface area contributed by atoms with Gasteiger partial charge in [-0.3, -0.25) is 0 Å². The lowest BCUT2D eigenvalue weighted by atomic mass is 10.1. The van der Waals surface area contributed by atoms with E-state index in [1.165, 1.54) is 6.07 Å². The summed E-state index contributed by atoms with van der Waals surface area (Å²) in [6.07, 6.45) is 0. The third-order valence-corrected chi connectivity index (χ3v) is 3.40. The molecule has 4 heteroatoms. The molecule has 0 radical (unpaired) electrons. The van der Waals surface area contributed by atoms with Gasteiger partial charge in [-0.25, -0.2) is 4.39 Å². The lowest BCUT2D eigenvalue weighted by molar-refractivity contribution is 0.458. The van der Waals surface area contributed by atoms with Crippen molar-refractivity contribution in [3.8, 4) is 11.5 Å². The highest BCUT2D eigenvalue weighted by Crippen LogP contribution is 2.34. The van der Waals surface area contributed by atoms with Crippen molar-refractivity contribution in [3.63, 3.8) is 0 Å². The molecule has 0 aliphatic heterocycles. The van der Waals surface area contributed by atoms with Gasteiger partial charge in [-0.2, -0.15) is 0 Å². The van der Waals surface area contributed by atoms with Crippen LogP contribution in [0.1, 0.15) is 24.1 Å². The van der Waals surface area contributed by atoms with Crippen molar-refractivity contribution in [2.24, 2.45) is 5.73 Å². The summed E-state index contributed by atoms with van der Waals surface area (Å²) in [5, 5.41) is 0. The molecule has 1 atom stereocenters. The van der Waals surface area contributed by atoms with Crippen molar-refractivity contribution >= 4 is 15.9 Å². The number of aryl methyl sites for hydroxylation is 1. The quantitative estimate of drug-likeness (QED) is 0.887. The second-order valence-electron chi connectivity index (χ2n) is 4.48. The molecular weight excluding hydrogens is 309 g/mol. The van der Waals surface area contributed by atoms with Crippen LogP contribution in [0.4, 0.5) is 4.39 Å². The smallest absolute Gasteiger partial charge is 0.141 e. The summed E-state index contributed by atoms with van der Waals surface area (Å²) < 4.78 is 20.4. The molecule has 2 rings (SSSR count). The number of rotatable bonds is 3. The van der Waals surface area contributed by atoms with Crippen LogP contribution in [0.2, 0.25) is 0 Å². The third-order valence-electron chi connectivity index (χ3n) is 2.78. The molecule has 100 valence electrons. The van der Waals surface area contributed by atoms with Crippen molar-refractivity contribution in [2.75, 3.05) is 0 Å². The average molecular weight is 324 g/mol. The van der Waals surface area contributed by atoms with Crippen LogP contribution in [0.5, 0.6) is 11.5 Å². The topological polar surface area (TPSA) is 35.2 Å². The van der Waals surface area contributed by atoms with E-state index in [1.54, 1.807) is 19.1 Å². The molecule has 2 nitrogen and oxygen atoms in total. The number of hydrogen-bond acceptors (Lipinski definition) is 2. The molecule has 2 N–H and O–H groups in total. The maximum atomic E-state index is 13.8. The Morgan fingerprint density at radius 1 is 1.21 bits per heavy atom. The molecule has 2 aromatic carbocycles. The van der Waals surface area contributed by atoms with E-state index < -0.39 is 6.04 Å². The molecule has 0 aliphatic carbocycles. The van der Waals surface area contributed by atoms with E-state index in [0.717, 1.165) is 10.0 Å². The van der Waals surface area contributed by atoms with Gasteiger partial charge in [0.15, 0.2) is 0 Å². The second kappa shape index (κ2) is 5.72. The molecule has 0 fully saturated rings. The molecule has 0 spiro atoms. The Balaban J connectivity index is 2.41. The predicted molar refractivity (Wildman–Crippen MR) is 78.0 cm³/mol. The van der Waals surface area contributed by atoms with Crippen molar-refractivity contribution in [1.29, 1.82) is 0 Å². The van der Waals surface area contributed by atoms with Gasteiger partial charge in [0.1, 0.15) is 17.3 Å². The average Bonchev–Trinajstić information content (AvgIpc) is 2.32. The summed E-state index contributed by atoms with van der Waals surface area (Å²) in [5.41, 5.74) is 7.30. The standard InChI is InChI=1S/C15H15BrFNO/c1-9-6-7-13(11(16)8-9)19-14-5-3-4-12(17)15(14)10(2)18/h3-8,10H,18H2,1-2H3/t10-/m1/s1. The Kier molecular flexibility index (Phi) is 4.22. The maximum absolute atomic E-state index is 13.8. The zero-order valence-electron chi connectivity index (χ0n) is 10.8. The summed E-state index contributed by atoms with van der Waals surface area (Å²) >= 11 is 3.43. The van der Waals surface area contributed by atoms with Gasteiger partial charge in [-0.05, 0) is 59.6 Å². The van der Waals surface area contributed by atoms with E-state index >= 15 is 0 Å². The molecule has 0 amide bonds. The van der Waals surface area contributed by atoms with Crippen LogP contribution in [-0.2, 0) is 0 Å². The summed E-state index contributed by atoms with van der Waals surface area (Å²) in [4.78, 5) is 0. The van der Waals surface area contributed by atoms with Crippen LogP contribution in [0.25, 0.3) is 0 Å². The lowest BCUT2D eigenvalue weighted by Gasteiger charge is -2.15.